The summed E-state index contributed by atoms with van der Waals surface area (Å²) in [5.74, 6) is -2.29. The molecule has 0 aliphatic rings. The Kier molecular flexibility index (Phi) is 4.48. The van der Waals surface area contributed by atoms with Gasteiger partial charge in [0.15, 0.2) is 5.75 Å². The molecule has 0 unspecified atom stereocenters. The molecule has 0 radical (unpaired) electrons. The highest BCUT2D eigenvalue weighted by Crippen LogP contribution is 2.41. The third-order valence-corrected chi connectivity index (χ3v) is 4.04. The summed E-state index contributed by atoms with van der Waals surface area (Å²) >= 11 is 0. The zero-order valence-electron chi connectivity index (χ0n) is 10.8. The van der Waals surface area contributed by atoms with Gasteiger partial charge < -0.3 is 9.84 Å². The molecule has 0 bridgehead atoms. The van der Waals surface area contributed by atoms with Crippen LogP contribution in [0.15, 0.2) is 21.4 Å². The van der Waals surface area contributed by atoms with Crippen LogP contribution >= 0.6 is 0 Å². The van der Waals surface area contributed by atoms with E-state index in [2.05, 4.69) is 9.10 Å². The van der Waals surface area contributed by atoms with Gasteiger partial charge in [0.25, 0.3) is 0 Å². The van der Waals surface area contributed by atoms with Gasteiger partial charge in [-0.05, 0) is 12.1 Å². The summed E-state index contributed by atoms with van der Waals surface area (Å²) in [5.41, 5.74) is -1.97. The maximum Gasteiger partial charge on any atom is 0.417 e. The van der Waals surface area contributed by atoms with Gasteiger partial charge in [-0.2, -0.15) is 18.4 Å². The second kappa shape index (κ2) is 5.61. The number of nitrogens with zero attached hydrogens (tertiary/aromatic N) is 2. The number of carbonyl (C=O) groups is 1. The van der Waals surface area contributed by atoms with Gasteiger partial charge in [-0.3, -0.25) is 0 Å². The fraction of sp³-hybridized carbons (Fsp3) is 0.273. The van der Waals surface area contributed by atoms with Crippen LogP contribution in [0.25, 0.3) is 0 Å². The lowest BCUT2D eigenvalue weighted by atomic mass is 10.1. The van der Waals surface area contributed by atoms with E-state index in [9.17, 15) is 22.2 Å². The van der Waals surface area contributed by atoms with Gasteiger partial charge >= 0.3 is 12.1 Å². The lowest BCUT2D eigenvalue weighted by Crippen LogP contribution is -2.16. The van der Waals surface area contributed by atoms with Gasteiger partial charge in [0.05, 0.1) is 22.4 Å². The Morgan fingerprint density at radius 3 is 2.43 bits per heavy atom. The Labute approximate surface area is 117 Å². The molecule has 1 aromatic carbocycles. The average Bonchev–Trinajstić information content (AvgIpc) is 2.35. The molecule has 0 spiro atoms. The van der Waals surface area contributed by atoms with E-state index < -0.39 is 43.6 Å². The molecule has 0 saturated heterocycles. The van der Waals surface area contributed by atoms with Crippen molar-refractivity contribution in [3.63, 3.8) is 0 Å². The number of rotatable bonds is 3. The zero-order valence-corrected chi connectivity index (χ0v) is 11.6. The molecule has 6 nitrogen and oxygen atoms in total. The molecular weight excluding hydrogens is 313 g/mol. The molecule has 114 valence electrons. The molecule has 0 aromatic heterocycles. The van der Waals surface area contributed by atoms with Crippen molar-refractivity contribution in [2.24, 2.45) is 4.36 Å². The first kappa shape index (κ1) is 16.8. The molecule has 1 aromatic rings. The second-order valence-electron chi connectivity index (χ2n) is 3.82. The first-order valence-corrected chi connectivity index (χ1v) is 7.10. The monoisotopic (exact) mass is 322 g/mol. The third kappa shape index (κ3) is 3.25. The molecule has 1 atom stereocenters. The number of halogens is 3. The van der Waals surface area contributed by atoms with Crippen LogP contribution in [0.3, 0.4) is 0 Å². The van der Waals surface area contributed by atoms with Gasteiger partial charge in [-0.25, -0.2) is 9.00 Å². The first-order valence-electron chi connectivity index (χ1n) is 5.18. The van der Waals surface area contributed by atoms with Crippen molar-refractivity contribution >= 4 is 15.7 Å². The SMILES string of the molecule is COc1c(C(=O)O)ccc(C(F)(F)F)c1[S@](C)(=O)=NC#N. The van der Waals surface area contributed by atoms with Crippen LogP contribution in [0, 0.1) is 11.5 Å². The van der Waals surface area contributed by atoms with Gasteiger partial charge in [0, 0.05) is 6.26 Å². The standard InChI is InChI=1S/C11H9F3N2O4S/c1-20-8-6(10(17)18)3-4-7(11(12,13)14)9(8)21(2,19)16-5-15/h3-4H,1-2H3,(H,17,18)/t21-/m0/s1. The number of nitriles is 1. The van der Waals surface area contributed by atoms with Gasteiger partial charge in [-0.15, -0.1) is 4.36 Å². The highest BCUT2D eigenvalue weighted by atomic mass is 32.2. The Balaban J connectivity index is 4.00. The predicted octanol–water partition coefficient (Wildman–Crippen LogP) is 2.35. The number of methoxy groups -OCH3 is 1. The number of ether oxygens (including phenoxy) is 1. The lowest BCUT2D eigenvalue weighted by Gasteiger charge is -2.18. The topological polar surface area (TPSA) is 99.8 Å². The molecular formula is C11H9F3N2O4S. The number of benzene rings is 1. The van der Waals surface area contributed by atoms with Crippen molar-refractivity contribution in [3.8, 4) is 11.9 Å². The molecule has 0 aliphatic heterocycles. The Morgan fingerprint density at radius 2 is 2.05 bits per heavy atom. The summed E-state index contributed by atoms with van der Waals surface area (Å²) in [4.78, 5) is 10.1. The van der Waals surface area contributed by atoms with Crippen LogP contribution < -0.4 is 4.74 Å². The molecule has 0 saturated carbocycles. The fourth-order valence-electron chi connectivity index (χ4n) is 1.66. The molecule has 0 aliphatic carbocycles. The Hall–Kier alpha value is -2.28. The summed E-state index contributed by atoms with van der Waals surface area (Å²) < 4.78 is 58.9. The summed E-state index contributed by atoms with van der Waals surface area (Å²) in [6.07, 6.45) is -2.95. The lowest BCUT2D eigenvalue weighted by molar-refractivity contribution is -0.140. The van der Waals surface area contributed by atoms with Gasteiger partial charge in [0.1, 0.15) is 10.5 Å². The van der Waals surface area contributed by atoms with E-state index in [1.54, 1.807) is 0 Å². The third-order valence-electron chi connectivity index (χ3n) is 2.45. The van der Waals surface area contributed by atoms with E-state index in [1.807, 2.05) is 0 Å². The van der Waals surface area contributed by atoms with Crippen LogP contribution in [0.1, 0.15) is 15.9 Å². The highest BCUT2D eigenvalue weighted by Gasteiger charge is 2.39. The number of hydrogen-bond donors (Lipinski definition) is 1. The van der Waals surface area contributed by atoms with E-state index in [0.717, 1.165) is 19.6 Å². The first-order chi connectivity index (χ1) is 9.56. The minimum atomic E-state index is -4.91. The molecule has 0 fully saturated rings. The Bertz CT molecular complexity index is 743. The number of alkyl halides is 3. The molecule has 21 heavy (non-hydrogen) atoms. The van der Waals surface area contributed by atoms with E-state index >= 15 is 0 Å². The predicted molar refractivity (Wildman–Crippen MR) is 65.3 cm³/mol. The Morgan fingerprint density at radius 1 is 1.48 bits per heavy atom. The van der Waals surface area contributed by atoms with E-state index in [0.29, 0.717) is 12.1 Å². The normalized spacial score (nSPS) is 13.9. The fourth-order valence-corrected chi connectivity index (χ4v) is 3.03. The van der Waals surface area contributed by atoms with Crippen LogP contribution in [0.4, 0.5) is 13.2 Å². The van der Waals surface area contributed by atoms with Crippen molar-refractivity contribution in [1.82, 2.24) is 0 Å². The molecule has 1 N–H and O–H groups in total. The second-order valence-corrected chi connectivity index (χ2v) is 6.02. The van der Waals surface area contributed by atoms with Crippen LogP contribution in [-0.4, -0.2) is 28.7 Å². The quantitative estimate of drug-likeness (QED) is 0.861. The maximum absolute atomic E-state index is 13.0. The summed E-state index contributed by atoms with van der Waals surface area (Å²) in [6, 6.07) is 1.16. The number of carboxylic acids is 1. The number of aromatic carboxylic acids is 1. The molecule has 0 amide bonds. The van der Waals surface area contributed by atoms with E-state index in [1.165, 1.54) is 0 Å². The van der Waals surface area contributed by atoms with Gasteiger partial charge in [-0.1, -0.05) is 0 Å². The van der Waals surface area contributed by atoms with E-state index in [4.69, 9.17) is 10.4 Å². The minimum absolute atomic E-state index is 0.470. The molecule has 0 heterocycles. The summed E-state index contributed by atoms with van der Waals surface area (Å²) in [6.45, 7) is 0. The van der Waals surface area contributed by atoms with Gasteiger partial charge in [0.2, 0.25) is 6.19 Å². The number of carboxylic acid groups (broad SMARTS) is 1. The van der Waals surface area contributed by atoms with Crippen molar-refractivity contribution in [2.45, 2.75) is 11.1 Å². The van der Waals surface area contributed by atoms with Crippen molar-refractivity contribution in [2.75, 3.05) is 13.4 Å². The van der Waals surface area contributed by atoms with Crippen LogP contribution in [0.2, 0.25) is 0 Å². The van der Waals surface area contributed by atoms with Crippen molar-refractivity contribution < 1.29 is 32.0 Å². The summed E-state index contributed by atoms with van der Waals surface area (Å²) in [7, 11) is -2.88. The van der Waals surface area contributed by atoms with Crippen molar-refractivity contribution in [1.29, 1.82) is 5.26 Å². The molecule has 1 rings (SSSR count). The van der Waals surface area contributed by atoms with Crippen LogP contribution in [-0.2, 0) is 15.9 Å². The number of hydrogen-bond acceptors (Lipinski definition) is 5. The van der Waals surface area contributed by atoms with Crippen molar-refractivity contribution in [3.05, 3.63) is 23.3 Å². The average molecular weight is 322 g/mol. The van der Waals surface area contributed by atoms with Crippen LogP contribution in [0.5, 0.6) is 5.75 Å². The zero-order chi connectivity index (χ0) is 16.4. The summed E-state index contributed by atoms with van der Waals surface area (Å²) in [5, 5.41) is 17.4. The highest BCUT2D eigenvalue weighted by molar-refractivity contribution is 7.93. The minimum Gasteiger partial charge on any atom is -0.495 e. The smallest absolute Gasteiger partial charge is 0.417 e. The maximum atomic E-state index is 13.0. The van der Waals surface area contributed by atoms with E-state index in [-0.39, 0.29) is 0 Å². The largest absolute Gasteiger partial charge is 0.495 e. The molecule has 10 heteroatoms.